The quantitative estimate of drug-likeness (QED) is 0.401. The van der Waals surface area contributed by atoms with Gasteiger partial charge in [0.2, 0.25) is 0 Å². The van der Waals surface area contributed by atoms with Crippen LogP contribution in [0.3, 0.4) is 0 Å². The van der Waals surface area contributed by atoms with Gasteiger partial charge in [0.15, 0.2) is 0 Å². The van der Waals surface area contributed by atoms with Gasteiger partial charge in [-0.3, -0.25) is 5.26 Å². The van der Waals surface area contributed by atoms with E-state index in [0.29, 0.717) is 12.5 Å². The van der Waals surface area contributed by atoms with E-state index in [4.69, 9.17) is 5.26 Å². The second-order valence-electron chi connectivity index (χ2n) is 1.74. The highest BCUT2D eigenvalue weighted by Gasteiger charge is 2.20. The molecule has 0 aliphatic heterocycles. The van der Waals surface area contributed by atoms with Crippen LogP contribution in [0, 0.1) is 5.92 Å². The van der Waals surface area contributed by atoms with Gasteiger partial charge in [0.25, 0.3) is 0 Å². The van der Waals surface area contributed by atoms with Crippen LogP contribution in [0.1, 0.15) is 12.8 Å². The van der Waals surface area contributed by atoms with E-state index in [2.05, 4.69) is 4.89 Å². The minimum atomic E-state index is 0.542. The van der Waals surface area contributed by atoms with E-state index in [9.17, 15) is 0 Å². The predicted molar refractivity (Wildman–Crippen MR) is 21.3 cm³/mol. The molecule has 0 radical (unpaired) electrons. The molecular formula is C4H8O2. The molecule has 1 aliphatic carbocycles. The third kappa shape index (κ3) is 0.954. The minimum Gasteiger partial charge on any atom is -0.252 e. The summed E-state index contributed by atoms with van der Waals surface area (Å²) in [4.78, 5) is 3.87. The second kappa shape index (κ2) is 1.58. The van der Waals surface area contributed by atoms with Crippen molar-refractivity contribution in [3.05, 3.63) is 0 Å². The van der Waals surface area contributed by atoms with E-state index in [1.54, 1.807) is 0 Å². The molecule has 0 unspecified atom stereocenters. The first-order valence-corrected chi connectivity index (χ1v) is 2.20. The van der Waals surface area contributed by atoms with E-state index in [1.807, 2.05) is 0 Å². The molecule has 1 rings (SSSR count). The van der Waals surface area contributed by atoms with E-state index in [1.165, 1.54) is 12.8 Å². The lowest BCUT2D eigenvalue weighted by Crippen LogP contribution is -1.88. The molecule has 0 spiro atoms. The molecule has 1 N–H and O–H groups in total. The molecule has 0 heterocycles. The normalized spacial score (nSPS) is 21.5. The van der Waals surface area contributed by atoms with Gasteiger partial charge in [-0.25, -0.2) is 4.89 Å². The Bertz CT molecular complexity index is 40.8. The van der Waals surface area contributed by atoms with E-state index >= 15 is 0 Å². The zero-order valence-corrected chi connectivity index (χ0v) is 3.55. The summed E-state index contributed by atoms with van der Waals surface area (Å²) in [5, 5.41) is 7.78. The molecule has 1 fully saturated rings. The first-order chi connectivity index (χ1) is 2.93. The van der Waals surface area contributed by atoms with Gasteiger partial charge >= 0.3 is 0 Å². The SMILES string of the molecule is OOCC1CC1. The summed E-state index contributed by atoms with van der Waals surface area (Å²) >= 11 is 0. The van der Waals surface area contributed by atoms with Crippen molar-refractivity contribution < 1.29 is 10.1 Å². The Hall–Kier alpha value is -0.0800. The molecule has 0 aromatic carbocycles. The molecule has 0 saturated heterocycles. The van der Waals surface area contributed by atoms with Crippen molar-refractivity contribution in [1.82, 2.24) is 0 Å². The van der Waals surface area contributed by atoms with Gasteiger partial charge < -0.3 is 0 Å². The van der Waals surface area contributed by atoms with E-state index in [0.717, 1.165) is 0 Å². The molecule has 6 heavy (non-hydrogen) atoms. The van der Waals surface area contributed by atoms with Crippen LogP contribution in [0.5, 0.6) is 0 Å². The second-order valence-corrected chi connectivity index (χ2v) is 1.74. The van der Waals surface area contributed by atoms with E-state index in [-0.39, 0.29) is 0 Å². The molecule has 0 aromatic rings. The summed E-state index contributed by atoms with van der Waals surface area (Å²) in [5.41, 5.74) is 0. The Labute approximate surface area is 36.7 Å². The standard InChI is InChI=1S/C4H8O2/c5-6-3-4-1-2-4/h4-5H,1-3H2. The first-order valence-electron chi connectivity index (χ1n) is 2.20. The van der Waals surface area contributed by atoms with Crippen LogP contribution in [0.4, 0.5) is 0 Å². The van der Waals surface area contributed by atoms with Crippen LogP contribution in [-0.2, 0) is 4.89 Å². The van der Waals surface area contributed by atoms with Crippen LogP contribution in [0.2, 0.25) is 0 Å². The Morgan fingerprint density at radius 1 is 1.67 bits per heavy atom. The molecule has 2 nitrogen and oxygen atoms in total. The average molecular weight is 88.1 g/mol. The Kier molecular flexibility index (Phi) is 1.08. The van der Waals surface area contributed by atoms with E-state index < -0.39 is 0 Å². The fourth-order valence-electron chi connectivity index (χ4n) is 0.390. The Balaban J connectivity index is 1.88. The summed E-state index contributed by atoms with van der Waals surface area (Å²) in [6.07, 6.45) is 2.47. The van der Waals surface area contributed by atoms with Gasteiger partial charge in [0, 0.05) is 0 Å². The van der Waals surface area contributed by atoms with Gasteiger partial charge in [0.1, 0.15) is 0 Å². The molecule has 0 bridgehead atoms. The highest BCUT2D eigenvalue weighted by Crippen LogP contribution is 2.28. The van der Waals surface area contributed by atoms with Crippen molar-refractivity contribution in [2.24, 2.45) is 5.92 Å². The largest absolute Gasteiger partial charge is 0.252 e. The fourth-order valence-corrected chi connectivity index (χ4v) is 0.390. The van der Waals surface area contributed by atoms with Gasteiger partial charge in [-0.2, -0.15) is 0 Å². The lowest BCUT2D eigenvalue weighted by Gasteiger charge is -1.84. The third-order valence-corrected chi connectivity index (χ3v) is 1.01. The van der Waals surface area contributed by atoms with Crippen molar-refractivity contribution in [1.29, 1.82) is 0 Å². The van der Waals surface area contributed by atoms with Crippen LogP contribution < -0.4 is 0 Å². The molecule has 1 saturated carbocycles. The third-order valence-electron chi connectivity index (χ3n) is 1.01. The van der Waals surface area contributed by atoms with Crippen LogP contribution in [-0.4, -0.2) is 11.9 Å². The topological polar surface area (TPSA) is 29.5 Å². The number of hydrogen-bond donors (Lipinski definition) is 1. The predicted octanol–water partition coefficient (Wildman–Crippen LogP) is 0.886. The summed E-state index contributed by atoms with van der Waals surface area (Å²) in [6, 6.07) is 0. The maximum absolute atomic E-state index is 7.78. The molecular weight excluding hydrogens is 80.0 g/mol. The molecule has 0 amide bonds. The number of hydrogen-bond acceptors (Lipinski definition) is 2. The van der Waals surface area contributed by atoms with Crippen LogP contribution >= 0.6 is 0 Å². The summed E-state index contributed by atoms with van der Waals surface area (Å²) in [6.45, 7) is 0.542. The van der Waals surface area contributed by atoms with Crippen LogP contribution in [0.25, 0.3) is 0 Å². The fraction of sp³-hybridized carbons (Fsp3) is 1.00. The monoisotopic (exact) mass is 88.1 g/mol. The maximum Gasteiger partial charge on any atom is 0.0847 e. The highest BCUT2D eigenvalue weighted by atomic mass is 17.1. The summed E-state index contributed by atoms with van der Waals surface area (Å²) in [7, 11) is 0. The molecule has 2 heteroatoms. The molecule has 1 aliphatic rings. The maximum atomic E-state index is 7.78. The van der Waals surface area contributed by atoms with Gasteiger partial charge in [-0.1, -0.05) is 0 Å². The smallest absolute Gasteiger partial charge is 0.0847 e. The van der Waals surface area contributed by atoms with Crippen molar-refractivity contribution in [3.8, 4) is 0 Å². The lowest BCUT2D eigenvalue weighted by atomic mass is 10.5. The highest BCUT2D eigenvalue weighted by molar-refractivity contribution is 4.70. The van der Waals surface area contributed by atoms with Crippen molar-refractivity contribution in [3.63, 3.8) is 0 Å². The van der Waals surface area contributed by atoms with Gasteiger partial charge in [-0.05, 0) is 18.8 Å². The van der Waals surface area contributed by atoms with Crippen molar-refractivity contribution >= 4 is 0 Å². The summed E-state index contributed by atoms with van der Waals surface area (Å²) < 4.78 is 0. The van der Waals surface area contributed by atoms with Gasteiger partial charge in [0.05, 0.1) is 6.61 Å². The van der Waals surface area contributed by atoms with Gasteiger partial charge in [-0.15, -0.1) is 0 Å². The lowest BCUT2D eigenvalue weighted by molar-refractivity contribution is -0.245. The van der Waals surface area contributed by atoms with Crippen LogP contribution in [0.15, 0.2) is 0 Å². The zero-order valence-electron chi connectivity index (χ0n) is 3.55. The molecule has 0 aromatic heterocycles. The van der Waals surface area contributed by atoms with Crippen molar-refractivity contribution in [2.75, 3.05) is 6.61 Å². The zero-order chi connectivity index (χ0) is 4.41. The van der Waals surface area contributed by atoms with Crippen molar-refractivity contribution in [2.45, 2.75) is 12.8 Å². The Morgan fingerprint density at radius 3 is 2.50 bits per heavy atom. The average Bonchev–Trinajstić information content (AvgIpc) is 2.21. The minimum absolute atomic E-state index is 0.542. The number of rotatable bonds is 2. The summed E-state index contributed by atoms with van der Waals surface area (Å²) in [5.74, 6) is 0.676. The molecule has 0 atom stereocenters. The Morgan fingerprint density at radius 2 is 2.33 bits per heavy atom. The first kappa shape index (κ1) is 4.09. The molecule has 36 valence electrons.